The Balaban J connectivity index is 1.74. The molecule has 1 saturated heterocycles. The second kappa shape index (κ2) is 7.52. The fourth-order valence-electron chi connectivity index (χ4n) is 2.63. The van der Waals surface area contributed by atoms with E-state index >= 15 is 0 Å². The molecule has 1 aromatic rings. The number of amides is 1. The van der Waals surface area contributed by atoms with Gasteiger partial charge in [0.25, 0.3) is 0 Å². The zero-order chi connectivity index (χ0) is 15.2. The lowest BCUT2D eigenvalue weighted by Crippen LogP contribution is -2.50. The third kappa shape index (κ3) is 4.79. The molecule has 1 fully saturated rings. The van der Waals surface area contributed by atoms with Gasteiger partial charge in [0.05, 0.1) is 12.1 Å². The Hall–Kier alpha value is -1.46. The number of carbonyl (C=O) groups excluding carboxylic acids is 1. The van der Waals surface area contributed by atoms with Crippen molar-refractivity contribution >= 4 is 5.91 Å². The average molecular weight is 294 g/mol. The van der Waals surface area contributed by atoms with Crippen molar-refractivity contribution in [2.75, 3.05) is 19.6 Å². The molecular weight excluding hydrogens is 271 g/mol. The summed E-state index contributed by atoms with van der Waals surface area (Å²) in [5, 5.41) is 12.6. The van der Waals surface area contributed by atoms with Gasteiger partial charge in [0.15, 0.2) is 0 Å². The zero-order valence-electron chi connectivity index (χ0n) is 12.4. The Kier molecular flexibility index (Phi) is 5.70. The first-order valence-electron chi connectivity index (χ1n) is 7.50. The Morgan fingerprint density at radius 1 is 1.48 bits per heavy atom. The SMILES string of the molecule is CC(C(=O)NCCc1ccc(F)cc1)N1CCCC(O)C1. The number of piperidine rings is 1. The molecule has 1 heterocycles. The van der Waals surface area contributed by atoms with Gasteiger partial charge in [-0.2, -0.15) is 0 Å². The Morgan fingerprint density at radius 2 is 2.19 bits per heavy atom. The van der Waals surface area contributed by atoms with E-state index in [0.29, 0.717) is 19.5 Å². The van der Waals surface area contributed by atoms with E-state index in [2.05, 4.69) is 5.32 Å². The largest absolute Gasteiger partial charge is 0.392 e. The van der Waals surface area contributed by atoms with Gasteiger partial charge >= 0.3 is 0 Å². The van der Waals surface area contributed by atoms with Crippen LogP contribution in [0.15, 0.2) is 24.3 Å². The molecule has 2 rings (SSSR count). The maximum absolute atomic E-state index is 12.8. The summed E-state index contributed by atoms with van der Waals surface area (Å²) in [6.07, 6.45) is 2.10. The highest BCUT2D eigenvalue weighted by Crippen LogP contribution is 2.13. The molecule has 21 heavy (non-hydrogen) atoms. The summed E-state index contributed by atoms with van der Waals surface area (Å²) in [5.41, 5.74) is 0.998. The van der Waals surface area contributed by atoms with Gasteiger partial charge in [-0.3, -0.25) is 9.69 Å². The first kappa shape index (κ1) is 15.9. The van der Waals surface area contributed by atoms with Crippen LogP contribution in [0.2, 0.25) is 0 Å². The van der Waals surface area contributed by atoms with Crippen LogP contribution in [0.3, 0.4) is 0 Å². The molecule has 1 aliphatic heterocycles. The van der Waals surface area contributed by atoms with E-state index in [1.54, 1.807) is 12.1 Å². The molecule has 1 amide bonds. The minimum Gasteiger partial charge on any atom is -0.392 e. The molecule has 2 unspecified atom stereocenters. The second-order valence-corrected chi connectivity index (χ2v) is 5.63. The molecule has 0 saturated carbocycles. The maximum atomic E-state index is 12.8. The number of hydrogen-bond donors (Lipinski definition) is 2. The number of β-amino-alcohol motifs (C(OH)–C–C–N with tert-alkyl or cyclic N) is 1. The van der Waals surface area contributed by atoms with Crippen molar-refractivity contribution in [3.63, 3.8) is 0 Å². The molecule has 116 valence electrons. The molecule has 1 aliphatic rings. The van der Waals surface area contributed by atoms with Gasteiger partial charge in [-0.1, -0.05) is 12.1 Å². The van der Waals surface area contributed by atoms with Gasteiger partial charge in [-0.25, -0.2) is 4.39 Å². The Morgan fingerprint density at radius 3 is 2.86 bits per heavy atom. The molecule has 0 spiro atoms. The highest BCUT2D eigenvalue weighted by Gasteiger charge is 2.25. The predicted molar refractivity (Wildman–Crippen MR) is 79.4 cm³/mol. The molecule has 2 atom stereocenters. The standard InChI is InChI=1S/C16H23FN2O2/c1-12(19-10-2-3-15(20)11-19)16(21)18-9-8-13-4-6-14(17)7-5-13/h4-7,12,15,20H,2-3,8-11H2,1H3,(H,18,21). The van der Waals surface area contributed by atoms with E-state index in [1.807, 2.05) is 11.8 Å². The molecule has 5 heteroatoms. The van der Waals surface area contributed by atoms with Crippen LogP contribution in [0, 0.1) is 5.82 Å². The van der Waals surface area contributed by atoms with Crippen molar-refractivity contribution in [1.29, 1.82) is 0 Å². The van der Waals surface area contributed by atoms with Crippen molar-refractivity contribution in [2.45, 2.75) is 38.3 Å². The van der Waals surface area contributed by atoms with E-state index < -0.39 is 0 Å². The quantitative estimate of drug-likeness (QED) is 0.861. The zero-order valence-corrected chi connectivity index (χ0v) is 12.4. The normalized spacial score (nSPS) is 21.0. The van der Waals surface area contributed by atoms with E-state index in [-0.39, 0.29) is 23.9 Å². The fourth-order valence-corrected chi connectivity index (χ4v) is 2.63. The summed E-state index contributed by atoms with van der Waals surface area (Å²) in [6, 6.07) is 6.08. The minimum absolute atomic E-state index is 0.0220. The van der Waals surface area contributed by atoms with E-state index in [4.69, 9.17) is 0 Å². The number of nitrogens with zero attached hydrogens (tertiary/aromatic N) is 1. The number of hydrogen-bond acceptors (Lipinski definition) is 3. The summed E-state index contributed by atoms with van der Waals surface area (Å²) in [7, 11) is 0. The smallest absolute Gasteiger partial charge is 0.237 e. The number of nitrogens with one attached hydrogen (secondary N) is 1. The fraction of sp³-hybridized carbons (Fsp3) is 0.562. The third-order valence-corrected chi connectivity index (χ3v) is 3.98. The van der Waals surface area contributed by atoms with Crippen LogP contribution in [0.25, 0.3) is 0 Å². The number of likely N-dealkylation sites (tertiary alicyclic amines) is 1. The van der Waals surface area contributed by atoms with Gasteiger partial charge in [0.1, 0.15) is 5.82 Å². The summed E-state index contributed by atoms with van der Waals surface area (Å²) >= 11 is 0. The van der Waals surface area contributed by atoms with Gasteiger partial charge in [-0.15, -0.1) is 0 Å². The number of aliphatic hydroxyl groups is 1. The monoisotopic (exact) mass is 294 g/mol. The molecule has 0 aliphatic carbocycles. The van der Waals surface area contributed by atoms with Crippen LogP contribution >= 0.6 is 0 Å². The van der Waals surface area contributed by atoms with Crippen molar-refractivity contribution in [2.24, 2.45) is 0 Å². The summed E-state index contributed by atoms with van der Waals surface area (Å²) < 4.78 is 12.8. The van der Waals surface area contributed by atoms with E-state index in [9.17, 15) is 14.3 Å². The summed E-state index contributed by atoms with van der Waals surface area (Å²) in [6.45, 7) is 3.81. The Bertz CT molecular complexity index is 464. The molecule has 1 aromatic carbocycles. The average Bonchev–Trinajstić information content (AvgIpc) is 2.48. The van der Waals surface area contributed by atoms with Crippen molar-refractivity contribution < 1.29 is 14.3 Å². The van der Waals surface area contributed by atoms with Crippen molar-refractivity contribution in [3.8, 4) is 0 Å². The first-order valence-corrected chi connectivity index (χ1v) is 7.50. The third-order valence-electron chi connectivity index (χ3n) is 3.98. The second-order valence-electron chi connectivity index (χ2n) is 5.63. The number of rotatable bonds is 5. The van der Waals surface area contributed by atoms with Gasteiger partial charge in [0, 0.05) is 13.1 Å². The molecule has 0 radical (unpaired) electrons. The lowest BCUT2D eigenvalue weighted by molar-refractivity contribution is -0.126. The number of aliphatic hydroxyl groups excluding tert-OH is 1. The highest BCUT2D eigenvalue weighted by atomic mass is 19.1. The van der Waals surface area contributed by atoms with Gasteiger partial charge < -0.3 is 10.4 Å². The van der Waals surface area contributed by atoms with E-state index in [0.717, 1.165) is 24.9 Å². The van der Waals surface area contributed by atoms with Gasteiger partial charge in [0.2, 0.25) is 5.91 Å². The number of halogens is 1. The minimum atomic E-state index is -0.326. The first-order chi connectivity index (χ1) is 10.1. The number of benzene rings is 1. The molecule has 4 nitrogen and oxygen atoms in total. The van der Waals surface area contributed by atoms with Crippen LogP contribution < -0.4 is 5.32 Å². The summed E-state index contributed by atoms with van der Waals surface area (Å²) in [4.78, 5) is 14.1. The maximum Gasteiger partial charge on any atom is 0.237 e. The van der Waals surface area contributed by atoms with E-state index in [1.165, 1.54) is 12.1 Å². The van der Waals surface area contributed by atoms with Crippen LogP contribution in [0.1, 0.15) is 25.3 Å². The molecule has 0 bridgehead atoms. The van der Waals surface area contributed by atoms with Crippen LogP contribution in [0.4, 0.5) is 4.39 Å². The van der Waals surface area contributed by atoms with Gasteiger partial charge in [-0.05, 0) is 50.4 Å². The van der Waals surface area contributed by atoms with Crippen LogP contribution in [-0.2, 0) is 11.2 Å². The number of carbonyl (C=O) groups is 1. The van der Waals surface area contributed by atoms with Crippen molar-refractivity contribution in [1.82, 2.24) is 10.2 Å². The highest BCUT2D eigenvalue weighted by molar-refractivity contribution is 5.81. The topological polar surface area (TPSA) is 52.6 Å². The molecular formula is C16H23FN2O2. The predicted octanol–water partition coefficient (Wildman–Crippen LogP) is 1.33. The summed E-state index contributed by atoms with van der Waals surface area (Å²) in [5.74, 6) is -0.272. The van der Waals surface area contributed by atoms with Crippen LogP contribution in [-0.4, -0.2) is 47.7 Å². The van der Waals surface area contributed by atoms with Crippen molar-refractivity contribution in [3.05, 3.63) is 35.6 Å². The lowest BCUT2D eigenvalue weighted by atomic mass is 10.1. The lowest BCUT2D eigenvalue weighted by Gasteiger charge is -2.33. The van der Waals surface area contributed by atoms with Crippen LogP contribution in [0.5, 0.6) is 0 Å². The molecule has 0 aromatic heterocycles. The Labute approximate surface area is 125 Å². The molecule has 2 N–H and O–H groups in total.